The average Bonchev–Trinajstić information content (AvgIpc) is 3.64. The van der Waals surface area contributed by atoms with Crippen molar-refractivity contribution >= 4 is 39.7 Å². The van der Waals surface area contributed by atoms with E-state index >= 15 is 0 Å². The number of carbonyl (C=O) groups is 3. The summed E-state index contributed by atoms with van der Waals surface area (Å²) in [5, 5.41) is 11.8. The summed E-state index contributed by atoms with van der Waals surface area (Å²) >= 11 is 1.05. The zero-order valence-corrected chi connectivity index (χ0v) is 24.1. The summed E-state index contributed by atoms with van der Waals surface area (Å²) in [7, 11) is 0. The van der Waals surface area contributed by atoms with Crippen LogP contribution in [0.4, 0.5) is 5.13 Å². The minimum atomic E-state index is -1.00. The fraction of sp³-hybridized carbons (Fsp3) is 0.212. The number of aliphatic hydroxyl groups is 1. The van der Waals surface area contributed by atoms with Crippen LogP contribution in [-0.2, 0) is 22.6 Å². The normalized spacial score (nSPS) is 19.1. The lowest BCUT2D eigenvalue weighted by molar-refractivity contribution is -0.132. The number of aromatic nitrogens is 1. The molecule has 9 heteroatoms. The summed E-state index contributed by atoms with van der Waals surface area (Å²) in [5.41, 5.74) is 3.26. The molecule has 4 aromatic rings. The first-order valence-electron chi connectivity index (χ1n) is 13.6. The average molecular weight is 581 g/mol. The first-order valence-corrected chi connectivity index (χ1v) is 14.4. The summed E-state index contributed by atoms with van der Waals surface area (Å²) < 4.78 is 11.8. The molecule has 42 heavy (non-hydrogen) atoms. The molecule has 0 aliphatic carbocycles. The van der Waals surface area contributed by atoms with Crippen molar-refractivity contribution in [2.24, 2.45) is 0 Å². The second-order valence-electron chi connectivity index (χ2n) is 10.4. The van der Waals surface area contributed by atoms with Gasteiger partial charge >= 0.3 is 5.91 Å². The number of ether oxygens (including phenoxy) is 2. The van der Waals surface area contributed by atoms with Crippen LogP contribution in [0.15, 0.2) is 78.4 Å². The molecule has 3 heterocycles. The van der Waals surface area contributed by atoms with Crippen molar-refractivity contribution in [1.29, 1.82) is 0 Å². The maximum Gasteiger partial charge on any atom is 0.301 e. The highest BCUT2D eigenvalue weighted by Crippen LogP contribution is 2.45. The number of carbonyl (C=O) groups excluding carboxylic acids is 3. The Morgan fingerprint density at radius 3 is 2.62 bits per heavy atom. The molecule has 0 saturated carbocycles. The molecular weight excluding hydrogens is 552 g/mol. The van der Waals surface area contributed by atoms with E-state index in [2.05, 4.69) is 4.98 Å². The second-order valence-corrected chi connectivity index (χ2v) is 11.4. The summed E-state index contributed by atoms with van der Waals surface area (Å²) in [6.07, 6.45) is 0.673. The third kappa shape index (κ3) is 4.96. The topological polar surface area (TPSA) is 106 Å². The van der Waals surface area contributed by atoms with Gasteiger partial charge in [0.05, 0.1) is 22.2 Å². The van der Waals surface area contributed by atoms with E-state index in [0.717, 1.165) is 28.2 Å². The van der Waals surface area contributed by atoms with E-state index in [1.54, 1.807) is 49.4 Å². The number of Topliss-reactive ketones (excluding diaryl/α,β-unsaturated/α-hetero) is 2. The molecular formula is C33H28N2O6S. The Hall–Kier alpha value is -4.76. The second kappa shape index (κ2) is 10.9. The van der Waals surface area contributed by atoms with Crippen LogP contribution < -0.4 is 14.4 Å². The monoisotopic (exact) mass is 580 g/mol. The smallest absolute Gasteiger partial charge is 0.301 e. The Morgan fingerprint density at radius 1 is 1.10 bits per heavy atom. The molecule has 0 spiro atoms. The van der Waals surface area contributed by atoms with Crippen LogP contribution in [0.5, 0.6) is 11.5 Å². The lowest BCUT2D eigenvalue weighted by atomic mass is 9.94. The van der Waals surface area contributed by atoms with Crippen molar-refractivity contribution in [2.45, 2.75) is 45.9 Å². The van der Waals surface area contributed by atoms with E-state index < -0.39 is 17.7 Å². The maximum atomic E-state index is 13.6. The van der Waals surface area contributed by atoms with Gasteiger partial charge in [-0.25, -0.2) is 4.98 Å². The van der Waals surface area contributed by atoms with Crippen LogP contribution in [0.1, 0.15) is 57.5 Å². The van der Waals surface area contributed by atoms with E-state index in [-0.39, 0.29) is 28.4 Å². The zero-order valence-electron chi connectivity index (χ0n) is 23.3. The number of hydrogen-bond donors (Lipinski definition) is 1. The number of hydrogen-bond acceptors (Lipinski definition) is 8. The first-order chi connectivity index (χ1) is 20.2. The number of rotatable bonds is 7. The van der Waals surface area contributed by atoms with Crippen molar-refractivity contribution in [1.82, 2.24) is 4.98 Å². The molecule has 2 atom stereocenters. The number of thiazole rings is 1. The van der Waals surface area contributed by atoms with Gasteiger partial charge in [0.15, 0.2) is 10.9 Å². The van der Waals surface area contributed by atoms with Crippen LogP contribution in [0.3, 0.4) is 0 Å². The SMILES string of the molecule is CC(=O)c1sc(N2C(=O)C(=O)C(=C(O)c3ccc4c(c3)CC(C)O4)C2c2cccc(OCc3ccccc3)c2)nc1C. The number of ketones is 2. The molecule has 0 radical (unpaired) electrons. The van der Waals surface area contributed by atoms with E-state index in [0.29, 0.717) is 40.5 Å². The predicted molar refractivity (Wildman–Crippen MR) is 159 cm³/mol. The Morgan fingerprint density at radius 2 is 1.88 bits per heavy atom. The van der Waals surface area contributed by atoms with Crippen LogP contribution in [0.25, 0.3) is 5.76 Å². The lowest BCUT2D eigenvalue weighted by Crippen LogP contribution is -2.29. The number of aryl methyl sites for hydroxylation is 1. The van der Waals surface area contributed by atoms with E-state index in [1.165, 1.54) is 11.8 Å². The number of fused-ring (bicyclic) bond motifs is 1. The van der Waals surface area contributed by atoms with Gasteiger partial charge in [-0.15, -0.1) is 0 Å². The highest BCUT2D eigenvalue weighted by atomic mass is 32.1. The number of nitrogens with zero attached hydrogens (tertiary/aromatic N) is 2. The van der Waals surface area contributed by atoms with Gasteiger partial charge < -0.3 is 14.6 Å². The van der Waals surface area contributed by atoms with E-state index in [1.807, 2.05) is 37.3 Å². The fourth-order valence-corrected chi connectivity index (χ4v) is 6.39. The minimum Gasteiger partial charge on any atom is -0.507 e. The van der Waals surface area contributed by atoms with Crippen LogP contribution in [0.2, 0.25) is 0 Å². The molecule has 212 valence electrons. The highest BCUT2D eigenvalue weighted by Gasteiger charge is 2.48. The van der Waals surface area contributed by atoms with Crippen molar-refractivity contribution in [3.63, 3.8) is 0 Å². The van der Waals surface area contributed by atoms with E-state index in [9.17, 15) is 19.5 Å². The molecule has 2 aliphatic rings. The summed E-state index contributed by atoms with van der Waals surface area (Å²) in [6.45, 7) is 5.41. The molecule has 1 N–H and O–H groups in total. The molecule has 0 bridgehead atoms. The van der Waals surface area contributed by atoms with Gasteiger partial charge in [-0.3, -0.25) is 19.3 Å². The van der Waals surface area contributed by atoms with Gasteiger partial charge in [-0.2, -0.15) is 0 Å². The Labute approximate surface area is 246 Å². The van der Waals surface area contributed by atoms with Gasteiger partial charge in [-0.1, -0.05) is 53.8 Å². The summed E-state index contributed by atoms with van der Waals surface area (Å²) in [6, 6.07) is 21.0. The molecule has 2 unspecified atom stereocenters. The molecule has 3 aromatic carbocycles. The van der Waals surface area contributed by atoms with E-state index in [4.69, 9.17) is 9.47 Å². The number of amides is 1. The Balaban J connectivity index is 1.46. The zero-order chi connectivity index (χ0) is 29.5. The number of aliphatic hydroxyl groups excluding tert-OH is 1. The largest absolute Gasteiger partial charge is 0.507 e. The lowest BCUT2D eigenvalue weighted by Gasteiger charge is -2.23. The highest BCUT2D eigenvalue weighted by molar-refractivity contribution is 7.18. The van der Waals surface area contributed by atoms with Crippen LogP contribution in [-0.4, -0.2) is 33.7 Å². The molecule has 1 fully saturated rings. The van der Waals surface area contributed by atoms with Gasteiger partial charge in [0.2, 0.25) is 0 Å². The Bertz CT molecular complexity index is 1760. The quantitative estimate of drug-likeness (QED) is 0.120. The molecule has 1 aromatic heterocycles. The van der Waals surface area contributed by atoms with Gasteiger partial charge in [-0.05, 0) is 60.9 Å². The summed E-state index contributed by atoms with van der Waals surface area (Å²) in [5.74, 6) is -0.886. The third-order valence-electron chi connectivity index (χ3n) is 7.35. The van der Waals surface area contributed by atoms with Crippen LogP contribution in [0, 0.1) is 6.92 Å². The maximum absolute atomic E-state index is 13.6. The van der Waals surface area contributed by atoms with Crippen LogP contribution >= 0.6 is 11.3 Å². The number of benzene rings is 3. The molecule has 8 nitrogen and oxygen atoms in total. The predicted octanol–water partition coefficient (Wildman–Crippen LogP) is 6.18. The van der Waals surface area contributed by atoms with Gasteiger partial charge in [0.25, 0.3) is 5.78 Å². The standard InChI is InChI=1S/C33H28N2O6S/c1-18-14-24-15-23(12-13-26(24)41-18)29(37)27-28(22-10-7-11-25(16-22)40-17-21-8-5-4-6-9-21)35(32(39)30(27)38)33-34-19(2)31(42-33)20(3)36/h4-13,15-16,18,28,37H,14,17H2,1-3H3. The first kappa shape index (κ1) is 27.4. The Kier molecular flexibility index (Phi) is 7.12. The van der Waals surface area contributed by atoms with Gasteiger partial charge in [0.1, 0.15) is 30.0 Å². The molecule has 2 aliphatic heterocycles. The van der Waals surface area contributed by atoms with Crippen molar-refractivity contribution in [3.8, 4) is 11.5 Å². The third-order valence-corrected chi connectivity index (χ3v) is 8.60. The van der Waals surface area contributed by atoms with Crippen molar-refractivity contribution in [3.05, 3.63) is 111 Å². The molecule has 1 amide bonds. The molecule has 6 rings (SSSR count). The van der Waals surface area contributed by atoms with Crippen molar-refractivity contribution < 1.29 is 29.0 Å². The molecule has 1 saturated heterocycles. The fourth-order valence-electron chi connectivity index (χ4n) is 5.40. The van der Waals surface area contributed by atoms with Gasteiger partial charge in [0, 0.05) is 18.9 Å². The minimum absolute atomic E-state index is 0.00483. The summed E-state index contributed by atoms with van der Waals surface area (Å²) in [4.78, 5) is 45.6. The number of anilines is 1. The van der Waals surface area contributed by atoms with Crippen molar-refractivity contribution in [2.75, 3.05) is 4.90 Å².